The van der Waals surface area contributed by atoms with Gasteiger partial charge < -0.3 is 0 Å². The monoisotopic (exact) mass is 231 g/mol. The van der Waals surface area contributed by atoms with Crippen LogP contribution in [0.5, 0.6) is 0 Å². The Morgan fingerprint density at radius 3 is 2.46 bits per heavy atom. The minimum atomic E-state index is -0.698. The van der Waals surface area contributed by atoms with Gasteiger partial charge in [-0.25, -0.2) is 0 Å². The van der Waals surface area contributed by atoms with E-state index in [4.69, 9.17) is 23.2 Å². The maximum absolute atomic E-state index is 11.0. The van der Waals surface area contributed by atoms with E-state index in [9.17, 15) is 4.79 Å². The lowest BCUT2D eigenvalue weighted by atomic mass is 10.2. The number of hydrogen-bond donors (Lipinski definition) is 0. The van der Waals surface area contributed by atoms with Crippen molar-refractivity contribution in [1.29, 1.82) is 0 Å². The third kappa shape index (κ3) is 2.56. The molecule has 1 nitrogen and oxygen atoms in total. The maximum atomic E-state index is 11.0. The van der Waals surface area contributed by atoms with Crippen molar-refractivity contribution in [2.75, 3.05) is 0 Å². The van der Waals surface area contributed by atoms with Gasteiger partial charge in [-0.05, 0) is 35.0 Å². The number of benzene rings is 1. The number of carbonyl (C=O) groups is 1. The molecule has 4 heteroatoms. The normalized spacial score (nSPS) is 10.5. The molecule has 0 fully saturated rings. The molecule has 0 aliphatic carbocycles. The van der Waals surface area contributed by atoms with Crippen molar-refractivity contribution in [3.63, 3.8) is 0 Å². The first kappa shape index (κ1) is 10.8. The van der Waals surface area contributed by atoms with Crippen LogP contribution in [-0.2, 0) is 0 Å². The molecule has 0 atom stereocenters. The molecule has 0 unspecified atom stereocenters. The highest BCUT2D eigenvalue weighted by molar-refractivity contribution is 6.76. The third-order valence-corrected chi connectivity index (χ3v) is 3.66. The fourth-order valence-corrected chi connectivity index (χ4v) is 2.79. The summed E-state index contributed by atoms with van der Waals surface area (Å²) < 4.78 is 0. The largest absolute Gasteiger partial charge is 0.276 e. The molecular weight excluding hydrogens is 223 g/mol. The van der Waals surface area contributed by atoms with E-state index in [1.807, 2.05) is 6.07 Å². The summed E-state index contributed by atoms with van der Waals surface area (Å²) in [4.78, 5) is 11.0. The van der Waals surface area contributed by atoms with E-state index in [2.05, 4.69) is 13.1 Å². The zero-order valence-corrected chi connectivity index (χ0v) is 9.91. The van der Waals surface area contributed by atoms with E-state index in [-0.39, 0.29) is 0 Å². The molecule has 69 valence electrons. The number of hydrogen-bond acceptors (Lipinski definition) is 1. The fraction of sp³-hybridized carbons (Fsp3) is 0.222. The second-order valence-electron chi connectivity index (χ2n) is 2.96. The predicted molar refractivity (Wildman–Crippen MR) is 58.8 cm³/mol. The van der Waals surface area contributed by atoms with Crippen molar-refractivity contribution in [3.05, 3.63) is 28.8 Å². The van der Waals surface area contributed by atoms with Gasteiger partial charge in [0, 0.05) is 10.6 Å². The van der Waals surface area contributed by atoms with Crippen molar-refractivity contribution >= 4 is 42.4 Å². The van der Waals surface area contributed by atoms with Gasteiger partial charge in [0.25, 0.3) is 5.24 Å². The Morgan fingerprint density at radius 2 is 2.00 bits per heavy atom. The minimum Gasteiger partial charge on any atom is -0.276 e. The van der Waals surface area contributed by atoms with Gasteiger partial charge in [-0.15, -0.1) is 0 Å². The van der Waals surface area contributed by atoms with Gasteiger partial charge >= 0.3 is 0 Å². The Morgan fingerprint density at radius 1 is 1.38 bits per heavy atom. The zero-order valence-electron chi connectivity index (χ0n) is 7.40. The van der Waals surface area contributed by atoms with E-state index < -0.39 is 14.0 Å². The predicted octanol–water partition coefficient (Wildman–Crippen LogP) is 2.68. The smallest absolute Gasteiger partial charge is 0.252 e. The molecule has 0 saturated carbocycles. The molecule has 0 aliphatic rings. The highest BCUT2D eigenvalue weighted by atomic mass is 35.5. The van der Waals surface area contributed by atoms with Crippen LogP contribution in [0.15, 0.2) is 18.2 Å². The quantitative estimate of drug-likeness (QED) is 0.566. The first-order chi connectivity index (χ1) is 6.02. The molecule has 1 radical (unpaired) electrons. The lowest BCUT2D eigenvalue weighted by Gasteiger charge is -2.08. The van der Waals surface area contributed by atoms with Crippen molar-refractivity contribution in [2.45, 2.75) is 13.1 Å². The van der Waals surface area contributed by atoms with Crippen molar-refractivity contribution in [1.82, 2.24) is 0 Å². The lowest BCUT2D eigenvalue weighted by Crippen LogP contribution is -2.27. The SMILES string of the molecule is C[Si](C)c1cc(Cl)ccc1C(=O)Cl. The molecule has 1 aromatic rings. The standard InChI is InChI=1S/C9H9Cl2OSi/c1-13(2)8-5-6(10)3-4-7(8)9(11)12/h3-5H,1-2H3. The second kappa shape index (κ2) is 4.27. The summed E-state index contributed by atoms with van der Waals surface area (Å²) in [5.41, 5.74) is 0.588. The highest BCUT2D eigenvalue weighted by Crippen LogP contribution is 2.10. The van der Waals surface area contributed by atoms with Crippen LogP contribution in [0.1, 0.15) is 10.4 Å². The van der Waals surface area contributed by atoms with Gasteiger partial charge in [0.2, 0.25) is 0 Å². The second-order valence-corrected chi connectivity index (χ2v) is 6.28. The van der Waals surface area contributed by atoms with E-state index >= 15 is 0 Å². The van der Waals surface area contributed by atoms with Crippen molar-refractivity contribution in [2.24, 2.45) is 0 Å². The number of halogens is 2. The number of rotatable bonds is 2. The van der Waals surface area contributed by atoms with Crippen LogP contribution in [0.25, 0.3) is 0 Å². The maximum Gasteiger partial charge on any atom is 0.252 e. The summed E-state index contributed by atoms with van der Waals surface area (Å²) >= 11 is 11.3. The topological polar surface area (TPSA) is 17.1 Å². The van der Waals surface area contributed by atoms with Gasteiger partial charge in [0.15, 0.2) is 0 Å². The van der Waals surface area contributed by atoms with Gasteiger partial charge in [-0.2, -0.15) is 0 Å². The van der Waals surface area contributed by atoms with Crippen LogP contribution < -0.4 is 5.19 Å². The Balaban J connectivity index is 3.26. The molecule has 0 bridgehead atoms. The van der Waals surface area contributed by atoms with E-state index in [0.717, 1.165) is 5.19 Å². The van der Waals surface area contributed by atoms with Crippen LogP contribution in [0.4, 0.5) is 0 Å². The van der Waals surface area contributed by atoms with Crippen LogP contribution in [0.3, 0.4) is 0 Å². The first-order valence-corrected chi connectivity index (χ1v) is 7.08. The van der Waals surface area contributed by atoms with E-state index in [1.165, 1.54) is 0 Å². The molecule has 0 spiro atoms. The van der Waals surface area contributed by atoms with Crippen LogP contribution in [-0.4, -0.2) is 14.0 Å². The molecule has 0 aromatic heterocycles. The van der Waals surface area contributed by atoms with Crippen molar-refractivity contribution in [3.8, 4) is 0 Å². The lowest BCUT2D eigenvalue weighted by molar-refractivity contribution is 0.108. The van der Waals surface area contributed by atoms with E-state index in [1.54, 1.807) is 12.1 Å². The summed E-state index contributed by atoms with van der Waals surface area (Å²) in [6, 6.07) is 5.20. The summed E-state index contributed by atoms with van der Waals surface area (Å²) in [6.45, 7) is 4.19. The van der Waals surface area contributed by atoms with Crippen LogP contribution >= 0.6 is 23.2 Å². The molecule has 0 aliphatic heterocycles. The Labute approximate surface area is 89.3 Å². The molecule has 13 heavy (non-hydrogen) atoms. The molecule has 1 rings (SSSR count). The summed E-state index contributed by atoms with van der Waals surface area (Å²) in [7, 11) is -0.698. The van der Waals surface area contributed by atoms with Gasteiger partial charge in [0.1, 0.15) is 0 Å². The average Bonchev–Trinajstić information content (AvgIpc) is 2.03. The molecular formula is C9H9Cl2OSi. The van der Waals surface area contributed by atoms with Crippen LogP contribution in [0.2, 0.25) is 18.1 Å². The number of carbonyl (C=O) groups excluding carboxylic acids is 1. The average molecular weight is 232 g/mol. The van der Waals surface area contributed by atoms with Gasteiger partial charge in [-0.3, -0.25) is 4.79 Å². The van der Waals surface area contributed by atoms with Crippen molar-refractivity contribution < 1.29 is 4.79 Å². The summed E-state index contributed by atoms with van der Waals surface area (Å²) in [5, 5.41) is 1.25. The molecule has 1 aromatic carbocycles. The first-order valence-electron chi connectivity index (χ1n) is 3.82. The minimum absolute atomic E-state index is 0.405. The van der Waals surface area contributed by atoms with Gasteiger partial charge in [-0.1, -0.05) is 24.7 Å². The highest BCUT2D eigenvalue weighted by Gasteiger charge is 2.12. The molecule has 0 saturated heterocycles. The molecule has 0 heterocycles. The van der Waals surface area contributed by atoms with E-state index in [0.29, 0.717) is 10.6 Å². The summed E-state index contributed by atoms with van der Waals surface area (Å²) in [6.07, 6.45) is 0. The van der Waals surface area contributed by atoms with Crippen LogP contribution in [0, 0.1) is 0 Å². The fourth-order valence-electron chi connectivity index (χ4n) is 1.10. The molecule has 0 N–H and O–H groups in total. The Hall–Kier alpha value is -0.313. The Kier molecular flexibility index (Phi) is 3.53. The Bertz CT molecular complexity index is 336. The zero-order chi connectivity index (χ0) is 10.0. The van der Waals surface area contributed by atoms with Gasteiger partial charge in [0.05, 0.1) is 8.80 Å². The molecule has 0 amide bonds. The third-order valence-electron chi connectivity index (χ3n) is 1.73. The summed E-state index contributed by atoms with van der Waals surface area (Å²) in [5.74, 6) is 0.